The molecule has 2 N–H and O–H groups in total. The van der Waals surface area contributed by atoms with E-state index in [0.29, 0.717) is 11.2 Å². The van der Waals surface area contributed by atoms with Crippen molar-refractivity contribution in [2.45, 2.75) is 55.9 Å². The van der Waals surface area contributed by atoms with E-state index in [-0.39, 0.29) is 6.10 Å². The first-order valence-corrected chi connectivity index (χ1v) is 8.17. The molecule has 19 heavy (non-hydrogen) atoms. The molecule has 0 heterocycles. The molecule has 2 unspecified atom stereocenters. The number of aliphatic hydroxyl groups is 1. The summed E-state index contributed by atoms with van der Waals surface area (Å²) in [4.78, 5) is 1.29. The average molecular weight is 279 g/mol. The molecule has 2 nitrogen and oxygen atoms in total. The van der Waals surface area contributed by atoms with Crippen molar-refractivity contribution < 1.29 is 5.11 Å². The number of hydrogen-bond donors (Lipinski definition) is 2. The maximum atomic E-state index is 9.89. The summed E-state index contributed by atoms with van der Waals surface area (Å²) in [5, 5.41) is 13.7. The number of hydrogen-bond acceptors (Lipinski definition) is 3. The normalized spacial score (nSPS) is 23.2. The summed E-state index contributed by atoms with van der Waals surface area (Å²) in [6.45, 7) is 6.43. The highest BCUT2D eigenvalue weighted by Gasteiger charge is 2.25. The minimum absolute atomic E-state index is 0.118. The minimum Gasteiger partial charge on any atom is -0.392 e. The molecule has 3 heteroatoms. The molecule has 2 rings (SSSR count). The summed E-state index contributed by atoms with van der Waals surface area (Å²) in [5.74, 6) is 0.686. The number of nitrogens with one attached hydrogen (secondary N) is 1. The molecule has 1 saturated carbocycles. The van der Waals surface area contributed by atoms with Crippen LogP contribution in [-0.4, -0.2) is 23.0 Å². The Labute approximate surface area is 121 Å². The number of rotatable bonds is 6. The van der Waals surface area contributed by atoms with E-state index >= 15 is 0 Å². The van der Waals surface area contributed by atoms with Crippen molar-refractivity contribution in [2.75, 3.05) is 6.54 Å². The van der Waals surface area contributed by atoms with Crippen LogP contribution < -0.4 is 5.32 Å². The first kappa shape index (κ1) is 14.9. The zero-order chi connectivity index (χ0) is 13.7. The molecular weight excluding hydrogens is 254 g/mol. The summed E-state index contributed by atoms with van der Waals surface area (Å²) in [5.41, 5.74) is 1.33. The molecule has 0 saturated heterocycles. The maximum Gasteiger partial charge on any atom is 0.0662 e. The molecule has 1 aliphatic rings. The Morgan fingerprint density at radius 1 is 1.37 bits per heavy atom. The zero-order valence-corrected chi connectivity index (χ0v) is 12.7. The van der Waals surface area contributed by atoms with Crippen molar-refractivity contribution in [1.29, 1.82) is 0 Å². The van der Waals surface area contributed by atoms with Crippen molar-refractivity contribution in [2.24, 2.45) is 5.92 Å². The van der Waals surface area contributed by atoms with E-state index in [2.05, 4.69) is 43.4 Å². The average Bonchev–Trinajstić information content (AvgIpc) is 2.75. The molecule has 1 aliphatic carbocycles. The van der Waals surface area contributed by atoms with Gasteiger partial charge < -0.3 is 10.4 Å². The van der Waals surface area contributed by atoms with Crippen LogP contribution in [0, 0.1) is 5.92 Å². The highest BCUT2D eigenvalue weighted by Crippen LogP contribution is 2.35. The second-order valence-electron chi connectivity index (χ2n) is 5.83. The molecule has 0 radical (unpaired) electrons. The molecule has 1 aromatic rings. The summed E-state index contributed by atoms with van der Waals surface area (Å²) < 4.78 is 0. The minimum atomic E-state index is -0.118. The third kappa shape index (κ3) is 4.83. The molecular formula is C16H25NOS. The molecule has 0 amide bonds. The SMILES string of the molecule is CC(C)CNCc1cccc(SC2CCCC2O)c1. The standard InChI is InChI=1S/C16H25NOS/c1-12(2)10-17-11-13-5-3-6-14(9-13)19-16-8-4-7-15(16)18/h3,5-6,9,12,15-18H,4,7-8,10-11H2,1-2H3. The van der Waals surface area contributed by atoms with E-state index in [1.807, 2.05) is 11.8 Å². The quantitative estimate of drug-likeness (QED) is 0.836. The number of aliphatic hydroxyl groups excluding tert-OH is 1. The predicted molar refractivity (Wildman–Crippen MR) is 82.5 cm³/mol. The Kier molecular flexibility index (Phi) is 5.74. The van der Waals surface area contributed by atoms with Gasteiger partial charge in [-0.1, -0.05) is 26.0 Å². The highest BCUT2D eigenvalue weighted by atomic mass is 32.2. The van der Waals surface area contributed by atoms with E-state index in [9.17, 15) is 5.11 Å². The van der Waals surface area contributed by atoms with Crippen LogP contribution in [0.1, 0.15) is 38.7 Å². The summed E-state index contributed by atoms with van der Waals surface area (Å²) >= 11 is 1.84. The summed E-state index contributed by atoms with van der Waals surface area (Å²) in [7, 11) is 0. The van der Waals surface area contributed by atoms with Crippen LogP contribution in [-0.2, 0) is 6.54 Å². The van der Waals surface area contributed by atoms with Gasteiger partial charge in [-0.15, -0.1) is 11.8 Å². The number of thioether (sulfide) groups is 1. The van der Waals surface area contributed by atoms with Crippen LogP contribution in [0.4, 0.5) is 0 Å². The molecule has 2 atom stereocenters. The third-order valence-electron chi connectivity index (χ3n) is 3.49. The molecule has 0 bridgehead atoms. The molecule has 0 spiro atoms. The molecule has 1 fully saturated rings. The summed E-state index contributed by atoms with van der Waals surface area (Å²) in [6, 6.07) is 8.70. The monoisotopic (exact) mass is 279 g/mol. The second kappa shape index (κ2) is 7.32. The van der Waals surface area contributed by atoms with E-state index in [0.717, 1.165) is 32.4 Å². The van der Waals surface area contributed by atoms with Gasteiger partial charge in [-0.05, 0) is 49.4 Å². The lowest BCUT2D eigenvalue weighted by Crippen LogP contribution is -2.19. The van der Waals surface area contributed by atoms with Crippen molar-refractivity contribution in [3.63, 3.8) is 0 Å². The zero-order valence-electron chi connectivity index (χ0n) is 11.9. The Morgan fingerprint density at radius 2 is 2.21 bits per heavy atom. The Bertz CT molecular complexity index is 394. The first-order chi connectivity index (χ1) is 9.15. The lowest BCUT2D eigenvalue weighted by atomic mass is 10.2. The predicted octanol–water partition coefficient (Wildman–Crippen LogP) is 3.44. The third-order valence-corrected chi connectivity index (χ3v) is 4.86. The molecule has 0 aliphatic heterocycles. The van der Waals surface area contributed by atoms with E-state index < -0.39 is 0 Å². The van der Waals surface area contributed by atoms with Crippen LogP contribution in [0.25, 0.3) is 0 Å². The smallest absolute Gasteiger partial charge is 0.0662 e. The van der Waals surface area contributed by atoms with E-state index in [1.54, 1.807) is 0 Å². The first-order valence-electron chi connectivity index (χ1n) is 7.29. The van der Waals surface area contributed by atoms with Crippen molar-refractivity contribution in [3.8, 4) is 0 Å². The second-order valence-corrected chi connectivity index (χ2v) is 7.14. The van der Waals surface area contributed by atoms with Gasteiger partial charge in [0.1, 0.15) is 0 Å². The maximum absolute atomic E-state index is 9.89. The molecule has 106 valence electrons. The van der Waals surface area contributed by atoms with Gasteiger partial charge in [-0.25, -0.2) is 0 Å². The van der Waals surface area contributed by atoms with Crippen molar-refractivity contribution in [3.05, 3.63) is 29.8 Å². The Morgan fingerprint density at radius 3 is 2.89 bits per heavy atom. The largest absolute Gasteiger partial charge is 0.392 e. The van der Waals surface area contributed by atoms with Crippen molar-refractivity contribution >= 4 is 11.8 Å². The van der Waals surface area contributed by atoms with Gasteiger partial charge in [0, 0.05) is 16.7 Å². The summed E-state index contributed by atoms with van der Waals surface area (Å²) in [6.07, 6.45) is 3.15. The topological polar surface area (TPSA) is 32.3 Å². The Hall–Kier alpha value is -0.510. The Balaban J connectivity index is 1.87. The van der Waals surface area contributed by atoms with Gasteiger partial charge in [-0.2, -0.15) is 0 Å². The fourth-order valence-corrected chi connectivity index (χ4v) is 3.76. The van der Waals surface area contributed by atoms with Gasteiger partial charge in [0.05, 0.1) is 6.10 Å². The van der Waals surface area contributed by atoms with Crippen LogP contribution in [0.3, 0.4) is 0 Å². The van der Waals surface area contributed by atoms with Gasteiger partial charge in [-0.3, -0.25) is 0 Å². The number of benzene rings is 1. The molecule has 0 aromatic heterocycles. The van der Waals surface area contributed by atoms with Gasteiger partial charge in [0.2, 0.25) is 0 Å². The fourth-order valence-electron chi connectivity index (χ4n) is 2.45. The van der Waals surface area contributed by atoms with Gasteiger partial charge in [0.25, 0.3) is 0 Å². The van der Waals surface area contributed by atoms with Gasteiger partial charge in [0.15, 0.2) is 0 Å². The highest BCUT2D eigenvalue weighted by molar-refractivity contribution is 8.00. The van der Waals surface area contributed by atoms with Crippen LogP contribution >= 0.6 is 11.8 Å². The van der Waals surface area contributed by atoms with Crippen LogP contribution in [0.15, 0.2) is 29.2 Å². The van der Waals surface area contributed by atoms with Crippen LogP contribution in [0.5, 0.6) is 0 Å². The fraction of sp³-hybridized carbons (Fsp3) is 0.625. The lowest BCUT2D eigenvalue weighted by molar-refractivity contribution is 0.188. The van der Waals surface area contributed by atoms with Crippen LogP contribution in [0.2, 0.25) is 0 Å². The van der Waals surface area contributed by atoms with E-state index in [1.165, 1.54) is 10.5 Å². The van der Waals surface area contributed by atoms with E-state index in [4.69, 9.17) is 0 Å². The molecule has 1 aromatic carbocycles. The lowest BCUT2D eigenvalue weighted by Gasteiger charge is -2.14. The van der Waals surface area contributed by atoms with Gasteiger partial charge >= 0.3 is 0 Å². The van der Waals surface area contributed by atoms with Crippen molar-refractivity contribution in [1.82, 2.24) is 5.32 Å².